The molecule has 0 saturated heterocycles. The maximum absolute atomic E-state index is 12.9. The predicted octanol–water partition coefficient (Wildman–Crippen LogP) is 3.54. The number of allylic oxidation sites excluding steroid dienone is 1. The largest absolute Gasteiger partial charge is 0.459 e. The highest BCUT2D eigenvalue weighted by atomic mass is 79.9. The summed E-state index contributed by atoms with van der Waals surface area (Å²) in [7, 11) is 0. The number of hydrogen-bond acceptors (Lipinski definition) is 5. The van der Waals surface area contributed by atoms with E-state index in [-0.39, 0.29) is 37.1 Å². The van der Waals surface area contributed by atoms with Crippen LogP contribution >= 0.6 is 15.9 Å². The smallest absolute Gasteiger partial charge is 0.336 e. The molecule has 6 nitrogen and oxygen atoms in total. The van der Waals surface area contributed by atoms with Gasteiger partial charge in [0.15, 0.2) is 11.5 Å². The van der Waals surface area contributed by atoms with Crippen molar-refractivity contribution in [2.24, 2.45) is 0 Å². The Morgan fingerprint density at radius 2 is 1.92 bits per heavy atom. The second kappa shape index (κ2) is 6.95. The van der Waals surface area contributed by atoms with Gasteiger partial charge in [0.1, 0.15) is 6.10 Å². The first kappa shape index (κ1) is 17.4. The third-order valence-corrected chi connectivity index (χ3v) is 5.82. The first-order valence-electron chi connectivity index (χ1n) is 8.83. The van der Waals surface area contributed by atoms with Crippen molar-refractivity contribution in [1.29, 1.82) is 0 Å². The van der Waals surface area contributed by atoms with Crippen molar-refractivity contribution in [3.8, 4) is 11.5 Å². The van der Waals surface area contributed by atoms with Crippen LogP contribution in [0.2, 0.25) is 0 Å². The van der Waals surface area contributed by atoms with Gasteiger partial charge in [-0.25, -0.2) is 4.79 Å². The number of halogens is 1. The fraction of sp³-hybridized carbons (Fsp3) is 0.474. The summed E-state index contributed by atoms with van der Waals surface area (Å²) in [6.07, 6.45) is 4.14. The third-order valence-electron chi connectivity index (χ3n) is 5.13. The third kappa shape index (κ3) is 3.20. The number of ether oxygens (including phenoxy) is 3. The van der Waals surface area contributed by atoms with E-state index in [9.17, 15) is 9.59 Å². The van der Waals surface area contributed by atoms with Gasteiger partial charge in [0.2, 0.25) is 12.7 Å². The zero-order valence-corrected chi connectivity index (χ0v) is 16.1. The van der Waals surface area contributed by atoms with Gasteiger partial charge < -0.3 is 19.5 Å². The molecule has 1 amide bonds. The summed E-state index contributed by atoms with van der Waals surface area (Å²) in [5.74, 6) is 0.423. The second-order valence-electron chi connectivity index (χ2n) is 6.88. The molecule has 3 aliphatic rings. The summed E-state index contributed by atoms with van der Waals surface area (Å²) in [4.78, 5) is 25.0. The number of carbonyl (C=O) groups excluding carboxylic acids is 2. The molecule has 1 N–H and O–H groups in total. The van der Waals surface area contributed by atoms with Crippen molar-refractivity contribution in [3.63, 3.8) is 0 Å². The van der Waals surface area contributed by atoms with Gasteiger partial charge in [-0.1, -0.05) is 15.9 Å². The summed E-state index contributed by atoms with van der Waals surface area (Å²) < 4.78 is 17.4. The van der Waals surface area contributed by atoms with Crippen molar-refractivity contribution in [2.75, 3.05) is 6.79 Å². The number of carbonyl (C=O) groups is 2. The van der Waals surface area contributed by atoms with Crippen LogP contribution in [0.1, 0.15) is 50.5 Å². The van der Waals surface area contributed by atoms with Gasteiger partial charge in [-0.15, -0.1) is 0 Å². The van der Waals surface area contributed by atoms with Crippen LogP contribution in [0.25, 0.3) is 0 Å². The molecule has 7 heteroatoms. The standard InChI is InChI=1S/C19H20BrNO5/c1-10-18(19(23)26-11-4-2-3-5-11)13(7-17(22)21-10)12-6-15-16(8-14(12)20)25-9-24-15/h6,8,11,13H,2-5,7,9H2,1H3,(H,21,22)/t13-/m1/s1. The average Bonchev–Trinajstić information content (AvgIpc) is 3.24. The number of nitrogens with one attached hydrogen (secondary N) is 1. The van der Waals surface area contributed by atoms with Crippen molar-refractivity contribution in [1.82, 2.24) is 5.32 Å². The van der Waals surface area contributed by atoms with E-state index in [1.807, 2.05) is 12.1 Å². The zero-order valence-electron chi connectivity index (χ0n) is 14.5. The molecule has 2 aliphatic heterocycles. The molecule has 1 aliphatic carbocycles. The van der Waals surface area contributed by atoms with Crippen LogP contribution in [0.3, 0.4) is 0 Å². The van der Waals surface area contributed by atoms with E-state index < -0.39 is 0 Å². The Labute approximate surface area is 160 Å². The number of benzene rings is 1. The molecule has 1 aromatic rings. The zero-order chi connectivity index (χ0) is 18.3. The first-order valence-corrected chi connectivity index (χ1v) is 9.63. The van der Waals surface area contributed by atoms with Gasteiger partial charge in [0.05, 0.1) is 5.57 Å². The Bertz CT molecular complexity index is 797. The summed E-state index contributed by atoms with van der Waals surface area (Å²) in [6.45, 7) is 1.91. The minimum absolute atomic E-state index is 0.0266. The molecule has 0 spiro atoms. The molecule has 1 saturated carbocycles. The fourth-order valence-electron chi connectivity index (χ4n) is 3.86. The Kier molecular flexibility index (Phi) is 4.65. The van der Waals surface area contributed by atoms with Crippen LogP contribution < -0.4 is 14.8 Å². The fourth-order valence-corrected chi connectivity index (χ4v) is 4.46. The lowest BCUT2D eigenvalue weighted by Crippen LogP contribution is -2.35. The van der Waals surface area contributed by atoms with Crippen LogP contribution in [0.15, 0.2) is 27.9 Å². The lowest BCUT2D eigenvalue weighted by Gasteiger charge is -2.28. The highest BCUT2D eigenvalue weighted by Crippen LogP contribution is 2.44. The molecule has 0 aromatic heterocycles. The lowest BCUT2D eigenvalue weighted by atomic mass is 9.84. The van der Waals surface area contributed by atoms with Crippen molar-refractivity contribution in [3.05, 3.63) is 33.4 Å². The predicted molar refractivity (Wildman–Crippen MR) is 96.8 cm³/mol. The topological polar surface area (TPSA) is 73.9 Å². The van der Waals surface area contributed by atoms with E-state index in [0.29, 0.717) is 22.8 Å². The molecule has 1 aromatic carbocycles. The Balaban J connectivity index is 1.69. The van der Waals surface area contributed by atoms with E-state index >= 15 is 0 Å². The molecule has 1 atom stereocenters. The maximum atomic E-state index is 12.9. The normalized spacial score (nSPS) is 22.5. The molecular weight excluding hydrogens is 402 g/mol. The Morgan fingerprint density at radius 1 is 1.23 bits per heavy atom. The van der Waals surface area contributed by atoms with E-state index in [1.54, 1.807) is 6.92 Å². The summed E-state index contributed by atoms with van der Waals surface area (Å²) >= 11 is 3.55. The molecule has 4 rings (SSSR count). The van der Waals surface area contributed by atoms with Crippen molar-refractivity contribution >= 4 is 27.8 Å². The van der Waals surface area contributed by atoms with Gasteiger partial charge >= 0.3 is 5.97 Å². The maximum Gasteiger partial charge on any atom is 0.336 e. The van der Waals surface area contributed by atoms with E-state index in [2.05, 4.69) is 21.2 Å². The molecule has 0 bridgehead atoms. The molecule has 0 radical (unpaired) electrons. The van der Waals surface area contributed by atoms with Gasteiger partial charge in [0, 0.05) is 22.5 Å². The van der Waals surface area contributed by atoms with E-state index in [4.69, 9.17) is 14.2 Å². The first-order chi connectivity index (χ1) is 12.5. The summed E-state index contributed by atoms with van der Waals surface area (Å²) in [5.41, 5.74) is 1.89. The minimum Gasteiger partial charge on any atom is -0.459 e. The highest BCUT2D eigenvalue weighted by Gasteiger charge is 2.36. The number of amides is 1. The molecule has 26 heavy (non-hydrogen) atoms. The second-order valence-corrected chi connectivity index (χ2v) is 7.74. The number of fused-ring (bicyclic) bond motifs is 1. The van der Waals surface area contributed by atoms with E-state index in [1.165, 1.54) is 0 Å². The van der Waals surface area contributed by atoms with Gasteiger partial charge in [-0.05, 0) is 50.3 Å². The monoisotopic (exact) mass is 421 g/mol. The van der Waals surface area contributed by atoms with Crippen molar-refractivity contribution in [2.45, 2.75) is 51.0 Å². The molecule has 2 heterocycles. The van der Waals surface area contributed by atoms with Crippen LogP contribution in [-0.2, 0) is 14.3 Å². The molecule has 138 valence electrons. The van der Waals surface area contributed by atoms with Gasteiger partial charge in [0.25, 0.3) is 0 Å². The van der Waals surface area contributed by atoms with E-state index in [0.717, 1.165) is 35.7 Å². The average molecular weight is 422 g/mol. The van der Waals surface area contributed by atoms with Gasteiger partial charge in [-0.3, -0.25) is 4.79 Å². The minimum atomic E-state index is -0.387. The van der Waals surface area contributed by atoms with Crippen LogP contribution in [-0.4, -0.2) is 24.8 Å². The molecular formula is C19H20BrNO5. The Morgan fingerprint density at radius 3 is 2.65 bits per heavy atom. The SMILES string of the molecule is CC1=C(C(=O)OC2CCCC2)[C@@H](c2cc3c(cc2Br)OCO3)CC(=O)N1. The summed E-state index contributed by atoms with van der Waals surface area (Å²) in [6, 6.07) is 3.66. The number of hydrogen-bond donors (Lipinski definition) is 1. The Hall–Kier alpha value is -2.02. The quantitative estimate of drug-likeness (QED) is 0.755. The lowest BCUT2D eigenvalue weighted by molar-refractivity contribution is -0.144. The highest BCUT2D eigenvalue weighted by molar-refractivity contribution is 9.10. The molecule has 1 fully saturated rings. The molecule has 0 unspecified atom stereocenters. The van der Waals surface area contributed by atoms with Crippen LogP contribution in [0.4, 0.5) is 0 Å². The van der Waals surface area contributed by atoms with Crippen LogP contribution in [0, 0.1) is 0 Å². The van der Waals surface area contributed by atoms with Gasteiger partial charge in [-0.2, -0.15) is 0 Å². The number of esters is 1. The summed E-state index contributed by atoms with van der Waals surface area (Å²) in [5, 5.41) is 2.78. The van der Waals surface area contributed by atoms with Crippen molar-refractivity contribution < 1.29 is 23.8 Å². The number of rotatable bonds is 3. The van der Waals surface area contributed by atoms with Crippen LogP contribution in [0.5, 0.6) is 11.5 Å².